The predicted octanol–water partition coefficient (Wildman–Crippen LogP) is 3.91. The topological polar surface area (TPSA) is 38.3 Å². The highest BCUT2D eigenvalue weighted by molar-refractivity contribution is 6.31. The Kier molecular flexibility index (Phi) is 5.55. The first kappa shape index (κ1) is 15.3. The average Bonchev–Trinajstić information content (AvgIpc) is 2.49. The summed E-state index contributed by atoms with van der Waals surface area (Å²) in [7, 11) is 0. The van der Waals surface area contributed by atoms with Gasteiger partial charge in [0.1, 0.15) is 0 Å². The number of halogens is 1. The molecule has 4 heteroatoms. The maximum atomic E-state index is 11.6. The number of hydrogen-bond donors (Lipinski definition) is 1. The lowest BCUT2D eigenvalue weighted by molar-refractivity contribution is -0.129. The molecule has 0 aliphatic carbocycles. The van der Waals surface area contributed by atoms with Crippen LogP contribution in [0.2, 0.25) is 5.02 Å². The zero-order valence-corrected chi connectivity index (χ0v) is 12.4. The molecule has 3 nitrogen and oxygen atoms in total. The monoisotopic (exact) mass is 301 g/mol. The average molecular weight is 302 g/mol. The van der Waals surface area contributed by atoms with Crippen molar-refractivity contribution in [3.63, 3.8) is 0 Å². The van der Waals surface area contributed by atoms with E-state index in [9.17, 15) is 4.79 Å². The molecule has 0 unspecified atom stereocenters. The Morgan fingerprint density at radius 2 is 2.00 bits per heavy atom. The smallest absolute Gasteiger partial charge is 0.267 e. The van der Waals surface area contributed by atoms with E-state index >= 15 is 0 Å². The van der Waals surface area contributed by atoms with E-state index in [4.69, 9.17) is 16.4 Å². The maximum absolute atomic E-state index is 11.6. The van der Waals surface area contributed by atoms with E-state index in [1.165, 1.54) is 6.08 Å². The highest BCUT2D eigenvalue weighted by atomic mass is 35.5. The lowest BCUT2D eigenvalue weighted by Crippen LogP contribution is -2.21. The summed E-state index contributed by atoms with van der Waals surface area (Å²) < 4.78 is 0. The van der Waals surface area contributed by atoms with Gasteiger partial charge in [0, 0.05) is 11.1 Å². The van der Waals surface area contributed by atoms with Crippen molar-refractivity contribution >= 4 is 23.6 Å². The molecule has 0 saturated heterocycles. The molecule has 21 heavy (non-hydrogen) atoms. The van der Waals surface area contributed by atoms with Crippen LogP contribution in [-0.4, -0.2) is 5.91 Å². The second-order valence-corrected chi connectivity index (χ2v) is 4.99. The fourth-order valence-corrected chi connectivity index (χ4v) is 1.87. The van der Waals surface area contributed by atoms with Crippen molar-refractivity contribution in [2.45, 2.75) is 13.5 Å². The summed E-state index contributed by atoms with van der Waals surface area (Å²) >= 11 is 6.02. The number of carbonyl (C=O) groups excluding carboxylic acids is 1. The highest BCUT2D eigenvalue weighted by Gasteiger charge is 1.98. The zero-order chi connectivity index (χ0) is 15.1. The van der Waals surface area contributed by atoms with Gasteiger partial charge in [0.2, 0.25) is 0 Å². The van der Waals surface area contributed by atoms with Crippen LogP contribution in [0.25, 0.3) is 6.08 Å². The Morgan fingerprint density at radius 3 is 2.71 bits per heavy atom. The normalized spacial score (nSPS) is 10.8. The molecule has 0 aromatic heterocycles. The molecule has 1 amide bonds. The number of rotatable bonds is 5. The van der Waals surface area contributed by atoms with Crippen LogP contribution < -0.4 is 5.48 Å². The summed E-state index contributed by atoms with van der Waals surface area (Å²) in [5.74, 6) is -0.317. The second-order valence-electron chi connectivity index (χ2n) is 4.58. The van der Waals surface area contributed by atoms with Crippen LogP contribution in [0.5, 0.6) is 0 Å². The predicted molar refractivity (Wildman–Crippen MR) is 84.6 cm³/mol. The molecule has 2 aromatic carbocycles. The molecule has 0 spiro atoms. The van der Waals surface area contributed by atoms with Crippen molar-refractivity contribution in [2.75, 3.05) is 0 Å². The standard InChI is InChI=1S/C17H16ClNO2/c1-13-7-8-14(11-16(13)18)9-10-17(20)19-21-12-15-5-3-2-4-6-15/h2-11H,12H2,1H3,(H,19,20). The third-order valence-corrected chi connectivity index (χ3v) is 3.28. The molecule has 0 fully saturated rings. The molecule has 2 aromatic rings. The first-order chi connectivity index (χ1) is 10.1. The summed E-state index contributed by atoms with van der Waals surface area (Å²) in [6.45, 7) is 2.26. The van der Waals surface area contributed by atoms with E-state index in [2.05, 4.69) is 5.48 Å². The summed E-state index contributed by atoms with van der Waals surface area (Å²) in [4.78, 5) is 16.7. The van der Waals surface area contributed by atoms with Gasteiger partial charge in [-0.25, -0.2) is 5.48 Å². The Labute approximate surface area is 129 Å². The maximum Gasteiger partial charge on any atom is 0.267 e. The number of aryl methyl sites for hydroxylation is 1. The van der Waals surface area contributed by atoms with E-state index in [1.54, 1.807) is 6.08 Å². The molecule has 0 aliphatic rings. The summed E-state index contributed by atoms with van der Waals surface area (Å²) in [6, 6.07) is 15.2. The van der Waals surface area contributed by atoms with Crippen LogP contribution in [-0.2, 0) is 16.2 Å². The van der Waals surface area contributed by atoms with E-state index in [-0.39, 0.29) is 5.91 Å². The number of carbonyl (C=O) groups is 1. The van der Waals surface area contributed by atoms with Gasteiger partial charge in [-0.2, -0.15) is 0 Å². The van der Waals surface area contributed by atoms with E-state index < -0.39 is 0 Å². The number of nitrogens with one attached hydrogen (secondary N) is 1. The highest BCUT2D eigenvalue weighted by Crippen LogP contribution is 2.17. The Bertz CT molecular complexity index is 638. The third kappa shape index (κ3) is 5.06. The van der Waals surface area contributed by atoms with E-state index in [1.807, 2.05) is 55.5 Å². The Morgan fingerprint density at radius 1 is 1.24 bits per heavy atom. The van der Waals surface area contributed by atoms with Crippen LogP contribution >= 0.6 is 11.6 Å². The van der Waals surface area contributed by atoms with Crippen molar-refractivity contribution < 1.29 is 9.63 Å². The quantitative estimate of drug-likeness (QED) is 0.671. The van der Waals surface area contributed by atoms with Gasteiger partial charge in [-0.1, -0.05) is 54.1 Å². The minimum Gasteiger partial charge on any atom is -0.269 e. The number of hydrogen-bond acceptors (Lipinski definition) is 2. The van der Waals surface area contributed by atoms with Crippen LogP contribution in [0.15, 0.2) is 54.6 Å². The molecule has 2 rings (SSSR count). The number of amides is 1. The Hall–Kier alpha value is -2.10. The molecule has 108 valence electrons. The fraction of sp³-hybridized carbons (Fsp3) is 0.118. The summed E-state index contributed by atoms with van der Waals surface area (Å²) in [5.41, 5.74) is 5.23. The first-order valence-corrected chi connectivity index (χ1v) is 6.93. The summed E-state index contributed by atoms with van der Waals surface area (Å²) in [5, 5.41) is 0.679. The van der Waals surface area contributed by atoms with Crippen LogP contribution in [0.3, 0.4) is 0 Å². The molecule has 0 aliphatic heterocycles. The van der Waals surface area contributed by atoms with Crippen LogP contribution in [0, 0.1) is 6.92 Å². The zero-order valence-electron chi connectivity index (χ0n) is 11.7. The van der Waals surface area contributed by atoms with Gasteiger partial charge in [-0.3, -0.25) is 9.63 Å². The SMILES string of the molecule is Cc1ccc(C=CC(=O)NOCc2ccccc2)cc1Cl. The minimum atomic E-state index is -0.317. The van der Waals surface area contributed by atoms with Gasteiger partial charge in [0.05, 0.1) is 6.61 Å². The van der Waals surface area contributed by atoms with Gasteiger partial charge in [0.25, 0.3) is 5.91 Å². The fourth-order valence-electron chi connectivity index (χ4n) is 1.68. The minimum absolute atomic E-state index is 0.317. The molecule has 0 heterocycles. The largest absolute Gasteiger partial charge is 0.269 e. The molecule has 0 atom stereocenters. The van der Waals surface area contributed by atoms with Crippen LogP contribution in [0.4, 0.5) is 0 Å². The van der Waals surface area contributed by atoms with Crippen LogP contribution in [0.1, 0.15) is 16.7 Å². The number of benzene rings is 2. The molecule has 0 saturated carbocycles. The lowest BCUT2D eigenvalue weighted by Gasteiger charge is -2.03. The van der Waals surface area contributed by atoms with E-state index in [0.29, 0.717) is 11.6 Å². The molecule has 0 bridgehead atoms. The molecule has 1 N–H and O–H groups in total. The van der Waals surface area contributed by atoms with Gasteiger partial charge < -0.3 is 0 Å². The second kappa shape index (κ2) is 7.62. The summed E-state index contributed by atoms with van der Waals surface area (Å²) in [6.07, 6.45) is 3.10. The Balaban J connectivity index is 1.81. The van der Waals surface area contributed by atoms with Crippen molar-refractivity contribution in [2.24, 2.45) is 0 Å². The van der Waals surface area contributed by atoms with Gasteiger partial charge in [-0.05, 0) is 35.8 Å². The lowest BCUT2D eigenvalue weighted by atomic mass is 10.1. The third-order valence-electron chi connectivity index (χ3n) is 2.88. The van der Waals surface area contributed by atoms with Crippen molar-refractivity contribution in [3.8, 4) is 0 Å². The molecular formula is C17H16ClNO2. The van der Waals surface area contributed by atoms with Crippen molar-refractivity contribution in [3.05, 3.63) is 76.3 Å². The van der Waals surface area contributed by atoms with Crippen molar-refractivity contribution in [1.29, 1.82) is 0 Å². The van der Waals surface area contributed by atoms with Gasteiger partial charge >= 0.3 is 0 Å². The van der Waals surface area contributed by atoms with Gasteiger partial charge in [-0.15, -0.1) is 0 Å². The first-order valence-electron chi connectivity index (χ1n) is 6.55. The molecule has 0 radical (unpaired) electrons. The van der Waals surface area contributed by atoms with E-state index in [0.717, 1.165) is 16.7 Å². The van der Waals surface area contributed by atoms with Crippen molar-refractivity contribution in [1.82, 2.24) is 5.48 Å². The number of hydroxylamine groups is 1. The molecular weight excluding hydrogens is 286 g/mol. The van der Waals surface area contributed by atoms with Gasteiger partial charge in [0.15, 0.2) is 0 Å².